The van der Waals surface area contributed by atoms with Crippen LogP contribution in [0.3, 0.4) is 0 Å². The second-order valence-corrected chi connectivity index (χ2v) is 11.5. The van der Waals surface area contributed by atoms with Crippen molar-refractivity contribution in [2.75, 3.05) is 24.2 Å². The number of ether oxygens (including phenoxy) is 1. The molecule has 1 atom stereocenters. The first-order chi connectivity index (χ1) is 16.2. The Kier molecular flexibility index (Phi) is 9.31. The number of aryl methyl sites for hydroxylation is 1. The molecule has 2 aromatic carbocycles. The van der Waals surface area contributed by atoms with E-state index in [0.29, 0.717) is 11.4 Å². The number of hydrogen-bond acceptors (Lipinski definition) is 5. The third-order valence-corrected chi connectivity index (χ3v) is 6.60. The number of benzene rings is 2. The monoisotopic (exact) mass is 503 g/mol. The number of nitrogens with zero attached hydrogens (tertiary/aromatic N) is 2. The van der Waals surface area contributed by atoms with Crippen LogP contribution in [0.4, 0.5) is 5.69 Å². The zero-order chi connectivity index (χ0) is 26.4. The summed E-state index contributed by atoms with van der Waals surface area (Å²) in [6.45, 7) is 8.90. The van der Waals surface area contributed by atoms with E-state index in [-0.39, 0.29) is 12.5 Å². The van der Waals surface area contributed by atoms with Crippen molar-refractivity contribution in [3.05, 3.63) is 59.7 Å². The second-order valence-electron chi connectivity index (χ2n) is 9.58. The largest absolute Gasteiger partial charge is 0.497 e. The Bertz CT molecular complexity index is 1120. The van der Waals surface area contributed by atoms with Gasteiger partial charge in [-0.3, -0.25) is 13.9 Å². The number of hydrogen-bond donors (Lipinski definition) is 1. The molecule has 8 nitrogen and oxygen atoms in total. The number of sulfonamides is 1. The fourth-order valence-corrected chi connectivity index (χ4v) is 4.39. The van der Waals surface area contributed by atoms with E-state index in [4.69, 9.17) is 4.74 Å². The van der Waals surface area contributed by atoms with E-state index in [9.17, 15) is 18.0 Å². The van der Waals surface area contributed by atoms with Gasteiger partial charge in [0.05, 0.1) is 19.1 Å². The van der Waals surface area contributed by atoms with Crippen molar-refractivity contribution in [2.45, 2.75) is 59.2 Å². The molecule has 0 aliphatic carbocycles. The summed E-state index contributed by atoms with van der Waals surface area (Å²) in [6, 6.07) is 13.4. The Labute approximate surface area is 209 Å². The lowest BCUT2D eigenvalue weighted by Gasteiger charge is -2.33. The number of nitrogens with one attached hydrogen (secondary N) is 1. The van der Waals surface area contributed by atoms with Crippen molar-refractivity contribution in [3.63, 3.8) is 0 Å². The quantitative estimate of drug-likeness (QED) is 0.536. The molecular weight excluding hydrogens is 466 g/mol. The maximum Gasteiger partial charge on any atom is 0.244 e. The van der Waals surface area contributed by atoms with Gasteiger partial charge in [-0.1, -0.05) is 31.2 Å². The average molecular weight is 504 g/mol. The van der Waals surface area contributed by atoms with Gasteiger partial charge in [-0.2, -0.15) is 0 Å². The first-order valence-corrected chi connectivity index (χ1v) is 13.4. The minimum Gasteiger partial charge on any atom is -0.497 e. The summed E-state index contributed by atoms with van der Waals surface area (Å²) in [5, 5.41) is 2.90. The first-order valence-electron chi connectivity index (χ1n) is 11.6. The van der Waals surface area contributed by atoms with Crippen LogP contribution < -0.4 is 14.4 Å². The van der Waals surface area contributed by atoms with Crippen molar-refractivity contribution in [1.82, 2.24) is 10.2 Å². The van der Waals surface area contributed by atoms with Crippen molar-refractivity contribution in [1.29, 1.82) is 0 Å². The molecule has 9 heteroatoms. The topological polar surface area (TPSA) is 96.0 Å². The van der Waals surface area contributed by atoms with Gasteiger partial charge in [0.25, 0.3) is 0 Å². The van der Waals surface area contributed by atoms with Gasteiger partial charge < -0.3 is 15.0 Å². The maximum absolute atomic E-state index is 13.6. The Morgan fingerprint density at radius 3 is 2.20 bits per heavy atom. The lowest BCUT2D eigenvalue weighted by Crippen LogP contribution is -2.54. The lowest BCUT2D eigenvalue weighted by molar-refractivity contribution is -0.140. The summed E-state index contributed by atoms with van der Waals surface area (Å²) in [6.07, 6.45) is 1.88. The summed E-state index contributed by atoms with van der Waals surface area (Å²) in [5.41, 5.74) is 1.72. The fourth-order valence-electron chi connectivity index (χ4n) is 3.54. The summed E-state index contributed by atoms with van der Waals surface area (Å²) in [5.74, 6) is -0.197. The Morgan fingerprint density at radius 1 is 1.06 bits per heavy atom. The molecule has 2 aromatic rings. The predicted octanol–water partition coefficient (Wildman–Crippen LogP) is 3.36. The molecule has 0 aliphatic rings. The summed E-state index contributed by atoms with van der Waals surface area (Å²) < 4.78 is 31.6. The van der Waals surface area contributed by atoms with Gasteiger partial charge in [0.2, 0.25) is 21.8 Å². The third kappa shape index (κ3) is 8.28. The van der Waals surface area contributed by atoms with Gasteiger partial charge in [0.1, 0.15) is 18.3 Å². The van der Waals surface area contributed by atoms with Crippen molar-refractivity contribution >= 4 is 27.5 Å². The zero-order valence-electron chi connectivity index (χ0n) is 21.7. The summed E-state index contributed by atoms with van der Waals surface area (Å²) >= 11 is 0. The molecule has 192 valence electrons. The van der Waals surface area contributed by atoms with Gasteiger partial charge in [0.15, 0.2) is 0 Å². The Hall–Kier alpha value is -3.07. The number of anilines is 1. The first kappa shape index (κ1) is 28.2. The molecule has 0 saturated heterocycles. The predicted molar refractivity (Wildman–Crippen MR) is 139 cm³/mol. The van der Waals surface area contributed by atoms with E-state index in [0.717, 1.165) is 28.1 Å². The molecule has 0 radical (unpaired) electrons. The molecule has 2 amide bonds. The van der Waals surface area contributed by atoms with Crippen LogP contribution in [0.25, 0.3) is 0 Å². The molecule has 0 aliphatic heterocycles. The standard InChI is InChI=1S/C26H37N3O5S/c1-8-20-12-14-22(15-13-20)29(35(7,32)33)18-24(30)28(19(2)25(31)27-26(3,4)5)17-21-10-9-11-23(16-21)34-6/h9-16,19H,8,17-18H2,1-7H3,(H,27,31)/t19-/m1/s1. The number of amides is 2. The maximum atomic E-state index is 13.6. The van der Waals surface area contributed by atoms with Crippen LogP contribution in [0.5, 0.6) is 5.75 Å². The highest BCUT2D eigenvalue weighted by atomic mass is 32.2. The molecule has 0 aromatic heterocycles. The zero-order valence-corrected chi connectivity index (χ0v) is 22.5. The Morgan fingerprint density at radius 2 is 1.69 bits per heavy atom. The van der Waals surface area contributed by atoms with Crippen LogP contribution in [-0.4, -0.2) is 56.6 Å². The highest BCUT2D eigenvalue weighted by molar-refractivity contribution is 7.92. The molecule has 0 spiro atoms. The van der Waals surface area contributed by atoms with Gasteiger partial charge in [-0.25, -0.2) is 8.42 Å². The average Bonchev–Trinajstić information content (AvgIpc) is 2.78. The van der Waals surface area contributed by atoms with Gasteiger partial charge >= 0.3 is 0 Å². The fraction of sp³-hybridized carbons (Fsp3) is 0.462. The molecular formula is C26H37N3O5S. The van der Waals surface area contributed by atoms with E-state index in [1.165, 1.54) is 4.90 Å². The van der Waals surface area contributed by atoms with Crippen LogP contribution in [0, 0.1) is 0 Å². The smallest absolute Gasteiger partial charge is 0.244 e. The van der Waals surface area contributed by atoms with Crippen LogP contribution in [0.2, 0.25) is 0 Å². The van der Waals surface area contributed by atoms with Crippen LogP contribution >= 0.6 is 0 Å². The molecule has 0 fully saturated rings. The minimum absolute atomic E-state index is 0.112. The van der Waals surface area contributed by atoms with Crippen molar-refractivity contribution in [3.8, 4) is 5.75 Å². The van der Waals surface area contributed by atoms with E-state index in [1.807, 2.05) is 45.9 Å². The van der Waals surface area contributed by atoms with Crippen LogP contribution in [0.1, 0.15) is 45.7 Å². The molecule has 0 unspecified atom stereocenters. The molecule has 0 heterocycles. The summed E-state index contributed by atoms with van der Waals surface area (Å²) in [4.78, 5) is 28.0. The van der Waals surface area contributed by atoms with E-state index in [2.05, 4.69) is 5.32 Å². The van der Waals surface area contributed by atoms with Crippen LogP contribution in [0.15, 0.2) is 48.5 Å². The second kappa shape index (κ2) is 11.6. The Balaban J connectivity index is 2.41. The lowest BCUT2D eigenvalue weighted by atomic mass is 10.1. The van der Waals surface area contributed by atoms with Crippen LogP contribution in [-0.2, 0) is 32.6 Å². The molecule has 2 rings (SSSR count). The highest BCUT2D eigenvalue weighted by Crippen LogP contribution is 2.21. The van der Waals surface area contributed by atoms with Gasteiger partial charge in [-0.15, -0.1) is 0 Å². The molecule has 0 saturated carbocycles. The molecule has 0 bridgehead atoms. The van der Waals surface area contributed by atoms with E-state index >= 15 is 0 Å². The molecule has 35 heavy (non-hydrogen) atoms. The van der Waals surface area contributed by atoms with Crippen molar-refractivity contribution < 1.29 is 22.7 Å². The van der Waals surface area contributed by atoms with E-state index < -0.39 is 34.1 Å². The minimum atomic E-state index is -3.76. The number of carbonyl (C=O) groups excluding carboxylic acids is 2. The van der Waals surface area contributed by atoms with E-state index in [1.54, 1.807) is 44.4 Å². The van der Waals surface area contributed by atoms with Crippen molar-refractivity contribution in [2.24, 2.45) is 0 Å². The number of carbonyl (C=O) groups is 2. The molecule has 1 N–H and O–H groups in total. The number of methoxy groups -OCH3 is 1. The highest BCUT2D eigenvalue weighted by Gasteiger charge is 2.31. The van der Waals surface area contributed by atoms with Gasteiger partial charge in [-0.05, 0) is 69.5 Å². The van der Waals surface area contributed by atoms with Gasteiger partial charge in [0, 0.05) is 12.1 Å². The SMILES string of the molecule is CCc1ccc(N(CC(=O)N(Cc2cccc(OC)c2)[C@H](C)C(=O)NC(C)(C)C)S(C)(=O)=O)cc1. The third-order valence-electron chi connectivity index (χ3n) is 5.46. The normalized spacial score (nSPS) is 12.5. The summed E-state index contributed by atoms with van der Waals surface area (Å²) in [7, 11) is -2.21. The number of rotatable bonds is 10.